The molecule has 3 aromatic rings. The van der Waals surface area contributed by atoms with Crippen LogP contribution in [0.1, 0.15) is 27.0 Å². The molecule has 0 atom stereocenters. The van der Waals surface area contributed by atoms with Gasteiger partial charge >= 0.3 is 5.97 Å². The maximum atomic E-state index is 12.3. The molecule has 0 aromatic heterocycles. The molecule has 0 unspecified atom stereocenters. The zero-order chi connectivity index (χ0) is 22.4. The lowest BCUT2D eigenvalue weighted by molar-refractivity contribution is -0.384. The Morgan fingerprint density at radius 3 is 2.52 bits per heavy atom. The lowest BCUT2D eigenvalue weighted by Crippen LogP contribution is -2.17. The molecule has 9 heteroatoms. The van der Waals surface area contributed by atoms with E-state index in [0.717, 1.165) is 5.56 Å². The van der Waals surface area contributed by atoms with Gasteiger partial charge in [-0.3, -0.25) is 10.1 Å². The predicted octanol–water partition coefficient (Wildman–Crippen LogP) is 3.54. The van der Waals surface area contributed by atoms with Gasteiger partial charge in [0.1, 0.15) is 12.4 Å². The average molecular weight is 420 g/mol. The number of rotatable bonds is 7. The third-order valence-electron chi connectivity index (χ3n) is 4.49. The zero-order valence-corrected chi connectivity index (χ0v) is 16.6. The SMILES string of the molecule is Cc1c(N)cccc1/C(N)=N/OC(=O)c1cccc(COc2ccc([N+](=O)[O-])cc2)c1. The topological polar surface area (TPSA) is 143 Å². The van der Waals surface area contributed by atoms with Crippen LogP contribution in [-0.4, -0.2) is 16.7 Å². The summed E-state index contributed by atoms with van der Waals surface area (Å²) in [6.07, 6.45) is 0. The van der Waals surface area contributed by atoms with Gasteiger partial charge in [-0.15, -0.1) is 0 Å². The number of non-ortho nitro benzene ring substituents is 1. The number of carbonyl (C=O) groups excluding carboxylic acids is 1. The van der Waals surface area contributed by atoms with E-state index in [1.165, 1.54) is 24.3 Å². The number of nitrogens with zero attached hydrogens (tertiary/aromatic N) is 2. The number of nitrogen functional groups attached to an aromatic ring is 1. The predicted molar refractivity (Wildman–Crippen MR) is 116 cm³/mol. The normalized spacial score (nSPS) is 11.1. The summed E-state index contributed by atoms with van der Waals surface area (Å²) in [6, 6.07) is 17.6. The molecule has 31 heavy (non-hydrogen) atoms. The number of nitro groups is 1. The highest BCUT2D eigenvalue weighted by atomic mass is 16.7. The van der Waals surface area contributed by atoms with Crippen molar-refractivity contribution in [2.75, 3.05) is 5.73 Å². The molecule has 3 rings (SSSR count). The summed E-state index contributed by atoms with van der Waals surface area (Å²) in [4.78, 5) is 27.5. The number of hydrogen-bond acceptors (Lipinski definition) is 7. The van der Waals surface area contributed by atoms with Crippen LogP contribution in [-0.2, 0) is 11.4 Å². The van der Waals surface area contributed by atoms with E-state index in [1.807, 2.05) is 0 Å². The fraction of sp³-hybridized carbons (Fsp3) is 0.0909. The summed E-state index contributed by atoms with van der Waals surface area (Å²) < 4.78 is 5.61. The Bertz CT molecular complexity index is 1140. The van der Waals surface area contributed by atoms with Crippen molar-refractivity contribution in [3.63, 3.8) is 0 Å². The van der Waals surface area contributed by atoms with E-state index in [-0.39, 0.29) is 23.7 Å². The lowest BCUT2D eigenvalue weighted by Gasteiger charge is -2.08. The number of nitro benzene ring substituents is 1. The number of hydrogen-bond donors (Lipinski definition) is 2. The molecule has 0 heterocycles. The maximum absolute atomic E-state index is 12.3. The second-order valence-corrected chi connectivity index (χ2v) is 6.62. The summed E-state index contributed by atoms with van der Waals surface area (Å²) in [6.45, 7) is 1.95. The van der Waals surface area contributed by atoms with Gasteiger partial charge in [-0.05, 0) is 48.4 Å². The maximum Gasteiger partial charge on any atom is 0.365 e. The van der Waals surface area contributed by atoms with Gasteiger partial charge in [0.15, 0.2) is 5.84 Å². The number of nitrogens with two attached hydrogens (primary N) is 2. The van der Waals surface area contributed by atoms with Crippen molar-refractivity contribution >= 4 is 23.2 Å². The van der Waals surface area contributed by atoms with Gasteiger partial charge in [0.05, 0.1) is 10.5 Å². The minimum absolute atomic E-state index is 0.0229. The molecule has 0 bridgehead atoms. The van der Waals surface area contributed by atoms with Crippen LogP contribution in [0.2, 0.25) is 0 Å². The second kappa shape index (κ2) is 9.40. The fourth-order valence-electron chi connectivity index (χ4n) is 2.74. The Balaban J connectivity index is 1.64. The molecule has 158 valence electrons. The standard InChI is InChI=1S/C22H20N4O5/c1-14-19(6-3-7-20(14)23)21(24)25-31-22(27)16-5-2-4-15(12-16)13-30-18-10-8-17(9-11-18)26(28)29/h2-12H,13,23H2,1H3,(H2,24,25). The van der Waals surface area contributed by atoms with Crippen LogP contribution in [0.25, 0.3) is 0 Å². The first-order valence-electron chi connectivity index (χ1n) is 9.21. The minimum Gasteiger partial charge on any atom is -0.489 e. The van der Waals surface area contributed by atoms with Crippen molar-refractivity contribution in [2.45, 2.75) is 13.5 Å². The largest absolute Gasteiger partial charge is 0.489 e. The zero-order valence-electron chi connectivity index (χ0n) is 16.6. The molecule has 3 aromatic carbocycles. The number of carbonyl (C=O) groups is 1. The van der Waals surface area contributed by atoms with E-state index >= 15 is 0 Å². The number of oxime groups is 1. The van der Waals surface area contributed by atoms with Gasteiger partial charge in [0.25, 0.3) is 5.69 Å². The molecule has 0 aliphatic heterocycles. The average Bonchev–Trinajstić information content (AvgIpc) is 2.78. The van der Waals surface area contributed by atoms with Gasteiger partial charge in [-0.25, -0.2) is 4.79 Å². The summed E-state index contributed by atoms with van der Waals surface area (Å²) in [5.41, 5.74) is 14.6. The Morgan fingerprint density at radius 1 is 1.10 bits per heavy atom. The van der Waals surface area contributed by atoms with Crippen LogP contribution in [0.5, 0.6) is 5.75 Å². The lowest BCUT2D eigenvalue weighted by atomic mass is 10.1. The van der Waals surface area contributed by atoms with Crippen molar-refractivity contribution in [1.29, 1.82) is 0 Å². The first-order chi connectivity index (χ1) is 14.8. The van der Waals surface area contributed by atoms with Crippen molar-refractivity contribution in [3.05, 3.63) is 99.1 Å². The molecule has 0 radical (unpaired) electrons. The Kier molecular flexibility index (Phi) is 6.46. The highest BCUT2D eigenvalue weighted by Crippen LogP contribution is 2.19. The van der Waals surface area contributed by atoms with Crippen LogP contribution in [0.4, 0.5) is 11.4 Å². The Morgan fingerprint density at radius 2 is 1.81 bits per heavy atom. The second-order valence-electron chi connectivity index (χ2n) is 6.62. The first kappa shape index (κ1) is 21.3. The van der Waals surface area contributed by atoms with Crippen molar-refractivity contribution in [3.8, 4) is 5.75 Å². The van der Waals surface area contributed by atoms with Gasteiger partial charge in [0.2, 0.25) is 0 Å². The molecular weight excluding hydrogens is 400 g/mol. The summed E-state index contributed by atoms with van der Waals surface area (Å²) in [7, 11) is 0. The third-order valence-corrected chi connectivity index (χ3v) is 4.49. The third kappa shape index (κ3) is 5.36. The fourth-order valence-corrected chi connectivity index (χ4v) is 2.74. The quantitative estimate of drug-likeness (QED) is 0.149. The molecule has 0 amide bonds. The number of benzene rings is 3. The van der Waals surface area contributed by atoms with Gasteiger partial charge in [-0.2, -0.15) is 0 Å². The van der Waals surface area contributed by atoms with E-state index in [1.54, 1.807) is 49.4 Å². The number of anilines is 1. The highest BCUT2D eigenvalue weighted by Gasteiger charge is 2.11. The van der Waals surface area contributed by atoms with Crippen LogP contribution >= 0.6 is 0 Å². The molecule has 0 spiro atoms. The van der Waals surface area contributed by atoms with Crippen LogP contribution in [0.15, 0.2) is 71.9 Å². The summed E-state index contributed by atoms with van der Waals surface area (Å²) >= 11 is 0. The highest BCUT2D eigenvalue weighted by molar-refractivity contribution is 6.00. The Labute approximate surface area is 178 Å². The van der Waals surface area contributed by atoms with E-state index in [2.05, 4.69) is 5.16 Å². The van der Waals surface area contributed by atoms with Crippen LogP contribution in [0, 0.1) is 17.0 Å². The summed E-state index contributed by atoms with van der Waals surface area (Å²) in [5, 5.41) is 14.4. The minimum atomic E-state index is -0.679. The summed E-state index contributed by atoms with van der Waals surface area (Å²) in [5.74, 6) is -0.175. The van der Waals surface area contributed by atoms with Gasteiger partial charge in [-0.1, -0.05) is 29.4 Å². The van der Waals surface area contributed by atoms with E-state index < -0.39 is 10.9 Å². The van der Waals surface area contributed by atoms with Crippen LogP contribution < -0.4 is 16.2 Å². The van der Waals surface area contributed by atoms with E-state index in [4.69, 9.17) is 21.0 Å². The molecule has 0 aliphatic rings. The smallest absolute Gasteiger partial charge is 0.365 e. The Hall–Kier alpha value is -4.40. The number of amidine groups is 1. The molecule has 0 fully saturated rings. The molecule has 4 N–H and O–H groups in total. The molecule has 0 aliphatic carbocycles. The van der Waals surface area contributed by atoms with Crippen molar-refractivity contribution in [2.24, 2.45) is 10.9 Å². The van der Waals surface area contributed by atoms with Gasteiger partial charge < -0.3 is 21.0 Å². The van der Waals surface area contributed by atoms with E-state index in [0.29, 0.717) is 22.6 Å². The monoisotopic (exact) mass is 420 g/mol. The van der Waals surface area contributed by atoms with Crippen molar-refractivity contribution in [1.82, 2.24) is 0 Å². The van der Waals surface area contributed by atoms with Gasteiger partial charge in [0, 0.05) is 23.4 Å². The molecule has 9 nitrogen and oxygen atoms in total. The van der Waals surface area contributed by atoms with E-state index in [9.17, 15) is 14.9 Å². The molecule has 0 saturated carbocycles. The first-order valence-corrected chi connectivity index (χ1v) is 9.21. The molecule has 0 saturated heterocycles. The van der Waals surface area contributed by atoms with Crippen LogP contribution in [0.3, 0.4) is 0 Å². The van der Waals surface area contributed by atoms with Crippen molar-refractivity contribution < 1.29 is 19.3 Å². The molecular formula is C22H20N4O5. The number of ether oxygens (including phenoxy) is 1.